The van der Waals surface area contributed by atoms with Crippen molar-refractivity contribution < 1.29 is 14.5 Å². The molecule has 1 aliphatic heterocycles. The topological polar surface area (TPSA) is 83.8 Å². The number of carbonyl (C=O) groups excluding carboxylic acids is 2. The van der Waals surface area contributed by atoms with E-state index in [9.17, 15) is 19.7 Å². The van der Waals surface area contributed by atoms with Crippen molar-refractivity contribution >= 4 is 29.1 Å². The van der Waals surface area contributed by atoms with E-state index in [4.69, 9.17) is 11.6 Å². The van der Waals surface area contributed by atoms with Gasteiger partial charge in [0.2, 0.25) is 0 Å². The van der Waals surface area contributed by atoms with Crippen molar-refractivity contribution in [2.75, 3.05) is 13.7 Å². The number of amides is 2. The number of carbonyl (C=O) groups is 2. The molecule has 0 unspecified atom stereocenters. The first-order valence-corrected chi connectivity index (χ1v) is 7.83. The van der Waals surface area contributed by atoms with Gasteiger partial charge in [-0.05, 0) is 30.8 Å². The first kappa shape index (κ1) is 17.1. The summed E-state index contributed by atoms with van der Waals surface area (Å²) in [5, 5.41) is 11.7. The van der Waals surface area contributed by atoms with E-state index in [1.165, 1.54) is 18.2 Å². The molecule has 2 aromatic carbocycles. The van der Waals surface area contributed by atoms with Crippen molar-refractivity contribution in [1.82, 2.24) is 9.80 Å². The predicted molar refractivity (Wildman–Crippen MR) is 91.4 cm³/mol. The van der Waals surface area contributed by atoms with E-state index in [2.05, 4.69) is 0 Å². The zero-order chi connectivity index (χ0) is 18.1. The molecule has 128 valence electrons. The van der Waals surface area contributed by atoms with Gasteiger partial charge in [-0.25, -0.2) is 0 Å². The molecule has 3 rings (SSSR count). The Morgan fingerprint density at radius 1 is 1.16 bits per heavy atom. The summed E-state index contributed by atoms with van der Waals surface area (Å²) in [5.74, 6) is -1.17. The fourth-order valence-electron chi connectivity index (χ4n) is 2.83. The summed E-state index contributed by atoms with van der Waals surface area (Å²) in [6.07, 6.45) is 0. The number of imide groups is 1. The average molecular weight is 360 g/mol. The molecule has 0 fully saturated rings. The van der Waals surface area contributed by atoms with Crippen molar-refractivity contribution in [3.63, 3.8) is 0 Å². The summed E-state index contributed by atoms with van der Waals surface area (Å²) in [5.41, 5.74) is 0.498. The summed E-state index contributed by atoms with van der Waals surface area (Å²) in [6, 6.07) is 11.3. The predicted octanol–water partition coefficient (Wildman–Crippen LogP) is 2.93. The number of rotatable bonds is 5. The van der Waals surface area contributed by atoms with Crippen LogP contribution in [0.5, 0.6) is 0 Å². The summed E-state index contributed by atoms with van der Waals surface area (Å²) in [4.78, 5) is 38.2. The third-order valence-corrected chi connectivity index (χ3v) is 4.13. The van der Waals surface area contributed by atoms with Gasteiger partial charge < -0.3 is 0 Å². The zero-order valence-corrected chi connectivity index (χ0v) is 14.1. The molecular formula is C17H14ClN3O4. The molecule has 25 heavy (non-hydrogen) atoms. The maximum Gasteiger partial charge on any atom is 0.282 e. The van der Waals surface area contributed by atoms with E-state index in [0.717, 1.165) is 10.5 Å². The highest BCUT2D eigenvalue weighted by Crippen LogP contribution is 2.30. The molecule has 0 spiro atoms. The van der Waals surface area contributed by atoms with Crippen LogP contribution in [0.2, 0.25) is 5.02 Å². The lowest BCUT2D eigenvalue weighted by molar-refractivity contribution is -0.385. The molecule has 1 aliphatic rings. The molecular weight excluding hydrogens is 346 g/mol. The van der Waals surface area contributed by atoms with E-state index in [-0.39, 0.29) is 23.5 Å². The molecule has 2 amide bonds. The van der Waals surface area contributed by atoms with Gasteiger partial charge >= 0.3 is 0 Å². The molecule has 8 heteroatoms. The number of nitro groups is 1. The SMILES string of the molecule is CN(Cc1cccc(Cl)c1)CN1C(=O)c2cccc([N+](=O)[O-])c2C1=O. The largest absolute Gasteiger partial charge is 0.284 e. The second-order valence-electron chi connectivity index (χ2n) is 5.78. The quantitative estimate of drug-likeness (QED) is 0.465. The number of halogens is 1. The highest BCUT2D eigenvalue weighted by Gasteiger charge is 2.41. The molecule has 0 saturated carbocycles. The summed E-state index contributed by atoms with van der Waals surface area (Å²) in [7, 11) is 1.75. The third kappa shape index (κ3) is 3.24. The molecule has 0 bridgehead atoms. The number of fused-ring (bicyclic) bond motifs is 1. The van der Waals surface area contributed by atoms with Gasteiger partial charge in [-0.3, -0.25) is 29.5 Å². The second-order valence-corrected chi connectivity index (χ2v) is 6.22. The molecule has 0 aliphatic carbocycles. The van der Waals surface area contributed by atoms with Crippen molar-refractivity contribution in [2.45, 2.75) is 6.54 Å². The Morgan fingerprint density at radius 3 is 2.56 bits per heavy atom. The number of nitro benzene ring substituents is 1. The average Bonchev–Trinajstić information content (AvgIpc) is 2.80. The highest BCUT2D eigenvalue weighted by atomic mass is 35.5. The van der Waals surface area contributed by atoms with Gasteiger partial charge in [0.15, 0.2) is 0 Å². The number of nitrogens with zero attached hydrogens (tertiary/aromatic N) is 3. The molecule has 1 heterocycles. The van der Waals surface area contributed by atoms with Crippen LogP contribution in [0, 0.1) is 10.1 Å². The summed E-state index contributed by atoms with van der Waals surface area (Å²) >= 11 is 5.95. The normalized spacial score (nSPS) is 13.5. The molecule has 0 radical (unpaired) electrons. The van der Waals surface area contributed by atoms with Gasteiger partial charge in [0, 0.05) is 17.6 Å². The molecule has 0 saturated heterocycles. The van der Waals surface area contributed by atoms with Crippen LogP contribution in [0.25, 0.3) is 0 Å². The van der Waals surface area contributed by atoms with Crippen molar-refractivity contribution in [2.24, 2.45) is 0 Å². The van der Waals surface area contributed by atoms with E-state index < -0.39 is 16.7 Å². The standard InChI is InChI=1S/C17H14ClN3O4/c1-19(9-11-4-2-5-12(18)8-11)10-20-16(22)13-6-3-7-14(21(24)25)15(13)17(20)23/h2-8H,9-10H2,1H3. The monoisotopic (exact) mass is 359 g/mol. The van der Waals surface area contributed by atoms with Crippen LogP contribution in [0.15, 0.2) is 42.5 Å². The molecule has 0 N–H and O–H groups in total. The van der Waals surface area contributed by atoms with E-state index in [1.54, 1.807) is 24.1 Å². The second kappa shape index (κ2) is 6.62. The van der Waals surface area contributed by atoms with Crippen LogP contribution in [-0.2, 0) is 6.54 Å². The van der Waals surface area contributed by atoms with Crippen LogP contribution >= 0.6 is 11.6 Å². The summed E-state index contributed by atoms with van der Waals surface area (Å²) in [6.45, 7) is 0.492. The number of benzene rings is 2. The first-order valence-electron chi connectivity index (χ1n) is 7.45. The maximum atomic E-state index is 12.5. The van der Waals surface area contributed by atoms with Gasteiger partial charge in [0.25, 0.3) is 17.5 Å². The maximum absolute atomic E-state index is 12.5. The van der Waals surface area contributed by atoms with Crippen LogP contribution < -0.4 is 0 Å². The molecule has 2 aromatic rings. The number of hydrogen-bond acceptors (Lipinski definition) is 5. The van der Waals surface area contributed by atoms with Gasteiger partial charge in [-0.2, -0.15) is 0 Å². The molecule has 0 aromatic heterocycles. The van der Waals surface area contributed by atoms with E-state index >= 15 is 0 Å². The fraction of sp³-hybridized carbons (Fsp3) is 0.176. The lowest BCUT2D eigenvalue weighted by atomic mass is 10.1. The minimum absolute atomic E-state index is 0.0238. The number of hydrogen-bond donors (Lipinski definition) is 0. The van der Waals surface area contributed by atoms with Gasteiger partial charge in [-0.1, -0.05) is 29.8 Å². The highest BCUT2D eigenvalue weighted by molar-refractivity contribution is 6.30. The lowest BCUT2D eigenvalue weighted by Crippen LogP contribution is -2.39. The first-order chi connectivity index (χ1) is 11.9. The van der Waals surface area contributed by atoms with E-state index in [0.29, 0.717) is 11.6 Å². The van der Waals surface area contributed by atoms with Crippen LogP contribution in [0.1, 0.15) is 26.3 Å². The van der Waals surface area contributed by atoms with Crippen LogP contribution in [0.4, 0.5) is 5.69 Å². The Bertz CT molecular complexity index is 884. The Kier molecular flexibility index (Phi) is 4.52. The smallest absolute Gasteiger partial charge is 0.282 e. The van der Waals surface area contributed by atoms with Gasteiger partial charge in [-0.15, -0.1) is 0 Å². The Balaban J connectivity index is 1.80. The van der Waals surface area contributed by atoms with Crippen molar-refractivity contribution in [3.05, 3.63) is 74.3 Å². The van der Waals surface area contributed by atoms with Crippen molar-refractivity contribution in [3.8, 4) is 0 Å². The Morgan fingerprint density at radius 2 is 1.88 bits per heavy atom. The van der Waals surface area contributed by atoms with Gasteiger partial charge in [0.1, 0.15) is 5.56 Å². The summed E-state index contributed by atoms with van der Waals surface area (Å²) < 4.78 is 0. The Hall–Kier alpha value is -2.77. The zero-order valence-electron chi connectivity index (χ0n) is 13.3. The Labute approximate surface area is 148 Å². The van der Waals surface area contributed by atoms with Crippen molar-refractivity contribution in [1.29, 1.82) is 0 Å². The van der Waals surface area contributed by atoms with Crippen LogP contribution in [-0.4, -0.2) is 40.3 Å². The molecule has 7 nitrogen and oxygen atoms in total. The van der Waals surface area contributed by atoms with E-state index in [1.807, 2.05) is 12.1 Å². The fourth-order valence-corrected chi connectivity index (χ4v) is 3.05. The van der Waals surface area contributed by atoms with Gasteiger partial charge in [0.05, 0.1) is 17.2 Å². The van der Waals surface area contributed by atoms with Crippen LogP contribution in [0.3, 0.4) is 0 Å². The molecule has 0 atom stereocenters. The third-order valence-electron chi connectivity index (χ3n) is 3.90. The lowest BCUT2D eigenvalue weighted by Gasteiger charge is -2.22. The minimum Gasteiger partial charge on any atom is -0.284 e. The minimum atomic E-state index is -0.650.